The Morgan fingerprint density at radius 2 is 1.90 bits per heavy atom. The van der Waals surface area contributed by atoms with Gasteiger partial charge in [0.1, 0.15) is 0 Å². The Balaban J connectivity index is 2.67. The van der Waals surface area contributed by atoms with Crippen LogP contribution < -0.4 is 15.2 Å². The molecule has 1 rings (SSSR count). The Labute approximate surface area is 123 Å². The number of nitrogens with two attached hydrogens (primary N) is 1. The highest BCUT2D eigenvalue weighted by Gasteiger charge is 2.16. The average molecular weight is 314 g/mol. The van der Waals surface area contributed by atoms with Gasteiger partial charge in [-0.15, -0.1) is 0 Å². The van der Waals surface area contributed by atoms with Crippen molar-refractivity contribution in [2.75, 3.05) is 4.72 Å². The molecular weight excluding hydrogens is 296 g/mol. The highest BCUT2D eigenvalue weighted by Crippen LogP contribution is 2.11. The second-order valence-corrected chi connectivity index (χ2v) is 5.98. The smallest absolute Gasteiger partial charge is 0.422 e. The van der Waals surface area contributed by atoms with Crippen LogP contribution in [0.1, 0.15) is 19.4 Å². The van der Waals surface area contributed by atoms with E-state index in [1.165, 1.54) is 12.1 Å². The van der Waals surface area contributed by atoms with Gasteiger partial charge in [-0.1, -0.05) is 12.1 Å². The molecule has 0 fully saturated rings. The van der Waals surface area contributed by atoms with E-state index in [4.69, 9.17) is 11.1 Å². The van der Waals surface area contributed by atoms with Crippen molar-refractivity contribution in [3.8, 4) is 0 Å². The molecule has 21 heavy (non-hydrogen) atoms. The summed E-state index contributed by atoms with van der Waals surface area (Å²) in [7, 11) is -4.06. The highest BCUT2D eigenvalue weighted by atomic mass is 32.2. The number of benzene rings is 1. The molecule has 8 nitrogen and oxygen atoms in total. The fraction of sp³-hybridized carbons (Fsp3) is 0.333. The summed E-state index contributed by atoms with van der Waals surface area (Å²) in [6.07, 6.45) is -1.19. The van der Waals surface area contributed by atoms with Crippen molar-refractivity contribution >= 4 is 27.8 Å². The molecule has 0 radical (unpaired) electrons. The van der Waals surface area contributed by atoms with Crippen molar-refractivity contribution in [1.82, 2.24) is 4.72 Å². The van der Waals surface area contributed by atoms with E-state index >= 15 is 0 Å². The summed E-state index contributed by atoms with van der Waals surface area (Å²) in [5.41, 5.74) is 6.32. The normalized spacial score (nSPS) is 11.0. The Hall–Kier alpha value is -2.29. The second-order valence-electron chi connectivity index (χ2n) is 4.56. The first-order valence-corrected chi connectivity index (χ1v) is 7.59. The molecule has 0 atom stereocenters. The zero-order valence-corrected chi connectivity index (χ0v) is 12.5. The molecule has 9 heteroatoms. The third-order valence-corrected chi connectivity index (χ3v) is 3.10. The molecule has 5 N–H and O–H groups in total. The maximum Gasteiger partial charge on any atom is 0.422 e. The monoisotopic (exact) mass is 314 g/mol. The maximum atomic E-state index is 11.7. The number of amides is 1. The second kappa shape index (κ2) is 6.93. The molecule has 0 unspecified atom stereocenters. The Morgan fingerprint density at radius 1 is 1.33 bits per heavy atom. The minimum atomic E-state index is -4.06. The molecular formula is C12H18N4O4S. The highest BCUT2D eigenvalue weighted by molar-refractivity contribution is 7.91. The van der Waals surface area contributed by atoms with Gasteiger partial charge < -0.3 is 10.5 Å². The molecule has 0 aliphatic carbocycles. The quantitative estimate of drug-likeness (QED) is 0.458. The zero-order chi connectivity index (χ0) is 16.0. The van der Waals surface area contributed by atoms with Crippen molar-refractivity contribution in [1.29, 1.82) is 5.41 Å². The van der Waals surface area contributed by atoms with Gasteiger partial charge >= 0.3 is 16.3 Å². The molecule has 0 saturated heterocycles. The van der Waals surface area contributed by atoms with Gasteiger partial charge in [-0.25, -0.2) is 9.52 Å². The predicted molar refractivity (Wildman–Crippen MR) is 79.4 cm³/mol. The van der Waals surface area contributed by atoms with E-state index in [2.05, 4.69) is 9.46 Å². The molecule has 0 aliphatic heterocycles. The lowest BCUT2D eigenvalue weighted by molar-refractivity contribution is 0.121. The van der Waals surface area contributed by atoms with Gasteiger partial charge in [-0.3, -0.25) is 10.1 Å². The summed E-state index contributed by atoms with van der Waals surface area (Å²) in [5, 5.41) is 7.17. The van der Waals surface area contributed by atoms with Crippen LogP contribution in [-0.2, 0) is 21.4 Å². The maximum absolute atomic E-state index is 11.7. The summed E-state index contributed by atoms with van der Waals surface area (Å²) in [4.78, 5) is 11.2. The molecule has 0 aromatic heterocycles. The van der Waals surface area contributed by atoms with Crippen molar-refractivity contribution < 1.29 is 17.9 Å². The minimum Gasteiger partial charge on any atom is -0.446 e. The first-order chi connectivity index (χ1) is 9.68. The van der Waals surface area contributed by atoms with Crippen LogP contribution in [0, 0.1) is 5.41 Å². The van der Waals surface area contributed by atoms with Crippen LogP contribution in [0.2, 0.25) is 0 Å². The number of ether oxygens (including phenoxy) is 1. The largest absolute Gasteiger partial charge is 0.446 e. The van der Waals surface area contributed by atoms with Crippen molar-refractivity contribution in [3.05, 3.63) is 29.8 Å². The van der Waals surface area contributed by atoms with E-state index in [1.807, 2.05) is 0 Å². The topological polar surface area (TPSA) is 134 Å². The summed E-state index contributed by atoms with van der Waals surface area (Å²) < 4.78 is 31.9. The fourth-order valence-corrected chi connectivity index (χ4v) is 2.20. The summed E-state index contributed by atoms with van der Waals surface area (Å²) in [6, 6.07) is 6.27. The van der Waals surface area contributed by atoms with Gasteiger partial charge in [0.05, 0.1) is 17.6 Å². The number of anilines is 1. The van der Waals surface area contributed by atoms with E-state index in [0.29, 0.717) is 0 Å². The number of nitrogens with one attached hydrogen (secondary N) is 3. The van der Waals surface area contributed by atoms with Gasteiger partial charge in [0.2, 0.25) is 0 Å². The van der Waals surface area contributed by atoms with Crippen LogP contribution in [0.25, 0.3) is 0 Å². The molecule has 0 heterocycles. The van der Waals surface area contributed by atoms with Crippen molar-refractivity contribution in [3.63, 3.8) is 0 Å². The molecule has 1 amide bonds. The number of amidine groups is 1. The number of carbonyl (C=O) groups is 1. The first-order valence-electron chi connectivity index (χ1n) is 6.11. The number of carbonyl (C=O) groups excluding carboxylic acids is 1. The van der Waals surface area contributed by atoms with Gasteiger partial charge in [0.25, 0.3) is 0 Å². The molecule has 0 bridgehead atoms. The van der Waals surface area contributed by atoms with Crippen LogP contribution in [-0.4, -0.2) is 26.5 Å². The number of hydrogen-bond acceptors (Lipinski definition) is 5. The average Bonchev–Trinajstić information content (AvgIpc) is 2.28. The third kappa shape index (κ3) is 6.61. The number of rotatable bonds is 6. The lowest BCUT2D eigenvalue weighted by Crippen LogP contribution is -2.36. The van der Waals surface area contributed by atoms with E-state index in [-0.39, 0.29) is 17.9 Å². The third-order valence-electron chi connectivity index (χ3n) is 2.16. The first kappa shape index (κ1) is 16.8. The Bertz CT molecular complexity index is 611. The molecule has 0 saturated carbocycles. The van der Waals surface area contributed by atoms with Gasteiger partial charge in [-0.05, 0) is 31.5 Å². The SMILES string of the molecule is CC(C)OC(=O)NS(=O)(=O)Nc1ccc(CC(=N)N)cc1. The van der Waals surface area contributed by atoms with Gasteiger partial charge in [0, 0.05) is 6.42 Å². The molecule has 116 valence electrons. The lowest BCUT2D eigenvalue weighted by Gasteiger charge is -2.11. The molecule has 1 aromatic rings. The predicted octanol–water partition coefficient (Wildman–Crippen LogP) is 0.956. The van der Waals surface area contributed by atoms with Gasteiger partial charge in [-0.2, -0.15) is 8.42 Å². The summed E-state index contributed by atoms with van der Waals surface area (Å²) in [5.74, 6) is 0.0152. The van der Waals surface area contributed by atoms with Gasteiger partial charge in [0.15, 0.2) is 0 Å². The van der Waals surface area contributed by atoms with Crippen molar-refractivity contribution in [2.24, 2.45) is 5.73 Å². The molecule has 1 aromatic carbocycles. The van der Waals surface area contributed by atoms with E-state index < -0.39 is 22.4 Å². The summed E-state index contributed by atoms with van der Waals surface area (Å²) in [6.45, 7) is 3.21. The van der Waals surface area contributed by atoms with E-state index in [1.54, 1.807) is 30.7 Å². The lowest BCUT2D eigenvalue weighted by atomic mass is 10.1. The molecule has 0 spiro atoms. The molecule has 0 aliphatic rings. The van der Waals surface area contributed by atoms with Crippen LogP contribution in [0.15, 0.2) is 24.3 Å². The zero-order valence-electron chi connectivity index (χ0n) is 11.7. The standard InChI is InChI=1S/C12H18N4O4S/c1-8(2)20-12(17)16-21(18,19)15-10-5-3-9(4-6-10)7-11(13)14/h3-6,8,15H,7H2,1-2H3,(H3,13,14)(H,16,17). The van der Waals surface area contributed by atoms with Crippen molar-refractivity contribution in [2.45, 2.75) is 26.4 Å². The fourth-order valence-electron chi connectivity index (χ4n) is 1.44. The summed E-state index contributed by atoms with van der Waals surface area (Å²) >= 11 is 0. The number of hydrogen-bond donors (Lipinski definition) is 4. The Morgan fingerprint density at radius 3 is 2.38 bits per heavy atom. The van der Waals surface area contributed by atoms with E-state index in [9.17, 15) is 13.2 Å². The van der Waals surface area contributed by atoms with Crippen LogP contribution in [0.3, 0.4) is 0 Å². The van der Waals surface area contributed by atoms with Crippen LogP contribution in [0.4, 0.5) is 10.5 Å². The minimum absolute atomic E-state index is 0.0152. The Kier molecular flexibility index (Phi) is 5.53. The van der Waals surface area contributed by atoms with E-state index in [0.717, 1.165) is 5.56 Å². The van der Waals surface area contributed by atoms with Crippen LogP contribution >= 0.6 is 0 Å². The van der Waals surface area contributed by atoms with Crippen LogP contribution in [0.5, 0.6) is 0 Å².